The smallest absolute Gasteiger partial charge is 0.256 e. The topological polar surface area (TPSA) is 108 Å². The first-order chi connectivity index (χ1) is 23.0. The lowest BCUT2D eigenvalue weighted by atomic mass is 9.80. The number of nitrogens with zero attached hydrogens (tertiary/aromatic N) is 4. The van der Waals surface area contributed by atoms with E-state index in [1.807, 2.05) is 91.0 Å². The van der Waals surface area contributed by atoms with E-state index in [9.17, 15) is 9.59 Å². The van der Waals surface area contributed by atoms with Gasteiger partial charge < -0.3 is 14.8 Å². The number of carbonyl (C=O) groups is 2. The molecule has 47 heavy (non-hydrogen) atoms. The number of fused-ring (bicyclic) bond motifs is 1. The quantitative estimate of drug-likeness (QED) is 0.185. The van der Waals surface area contributed by atoms with Crippen molar-refractivity contribution in [3.63, 3.8) is 0 Å². The molecule has 0 saturated heterocycles. The average molecular weight is 626 g/mol. The Kier molecular flexibility index (Phi) is 8.18. The van der Waals surface area contributed by atoms with E-state index in [1.54, 1.807) is 30.3 Å². The summed E-state index contributed by atoms with van der Waals surface area (Å²) in [5, 5.41) is 2.79. The number of aromatic nitrogens is 4. The number of carbonyl (C=O) groups excluding carboxylic acids is 2. The number of ether oxygens (including phenoxy) is 2. The lowest BCUT2D eigenvalue weighted by Crippen LogP contribution is -2.41. The van der Waals surface area contributed by atoms with Crippen molar-refractivity contribution in [1.82, 2.24) is 19.5 Å². The lowest BCUT2D eigenvalue weighted by Gasteiger charge is -2.37. The van der Waals surface area contributed by atoms with Crippen molar-refractivity contribution >= 4 is 28.7 Å². The molecule has 4 aromatic carbocycles. The van der Waals surface area contributed by atoms with E-state index in [-0.39, 0.29) is 18.1 Å². The third-order valence-corrected chi connectivity index (χ3v) is 8.02. The molecule has 1 aliphatic rings. The largest absolute Gasteiger partial charge is 0.358 e. The Hall–Kier alpha value is -5.84. The summed E-state index contributed by atoms with van der Waals surface area (Å²) in [6.45, 7) is -0.282. The average Bonchev–Trinajstić information content (AvgIpc) is 3.57. The van der Waals surface area contributed by atoms with Crippen LogP contribution in [0.5, 0.6) is 0 Å². The molecule has 6 aromatic rings. The van der Waals surface area contributed by atoms with E-state index in [1.165, 1.54) is 17.2 Å². The molecule has 0 saturated carbocycles. The summed E-state index contributed by atoms with van der Waals surface area (Å²) < 4.78 is 29.9. The first-order valence-corrected chi connectivity index (χ1v) is 15.0. The van der Waals surface area contributed by atoms with Crippen LogP contribution in [0, 0.1) is 0 Å². The van der Waals surface area contributed by atoms with Gasteiger partial charge in [-0.3, -0.25) is 14.2 Å². The number of halogens is 1. The standard InChI is InChI=1S/C37H28FN5O4/c38-29-21-31(43-24-41-34-32(43)35(40-23-39-34)42-36(45)25-13-5-1-6-14-25)47-30(33(29)44)22-46-37(26-15-7-2-8-16-26,27-17-9-3-10-18-27)28-19-11-4-12-20-28/h1-21,23-24,30-31H,22H2,(H,39,40,42,45)/t30-,31-/m1/s1. The molecule has 9 nitrogen and oxygen atoms in total. The fourth-order valence-corrected chi connectivity index (χ4v) is 5.79. The predicted octanol–water partition coefficient (Wildman–Crippen LogP) is 6.41. The van der Waals surface area contributed by atoms with Crippen LogP contribution < -0.4 is 5.32 Å². The zero-order valence-electron chi connectivity index (χ0n) is 24.9. The van der Waals surface area contributed by atoms with Gasteiger partial charge in [0.05, 0.1) is 6.61 Å². The van der Waals surface area contributed by atoms with Gasteiger partial charge in [0.15, 0.2) is 23.5 Å². The van der Waals surface area contributed by atoms with Gasteiger partial charge in [0.25, 0.3) is 5.91 Å². The number of hydrogen-bond acceptors (Lipinski definition) is 7. The highest BCUT2D eigenvalue weighted by atomic mass is 19.1. The van der Waals surface area contributed by atoms with Crippen molar-refractivity contribution in [2.24, 2.45) is 0 Å². The summed E-state index contributed by atoms with van der Waals surface area (Å²) in [7, 11) is 0. The van der Waals surface area contributed by atoms with Gasteiger partial charge >= 0.3 is 0 Å². The number of imidazole rings is 1. The second-order valence-electron chi connectivity index (χ2n) is 10.9. The van der Waals surface area contributed by atoms with Crippen LogP contribution in [-0.2, 0) is 19.9 Å². The predicted molar refractivity (Wildman–Crippen MR) is 173 cm³/mol. The van der Waals surface area contributed by atoms with E-state index >= 15 is 4.39 Å². The molecule has 1 N–H and O–H groups in total. The van der Waals surface area contributed by atoms with Gasteiger partial charge in [-0.2, -0.15) is 0 Å². The first kappa shape index (κ1) is 29.8. The van der Waals surface area contributed by atoms with Gasteiger partial charge in [-0.15, -0.1) is 0 Å². The van der Waals surface area contributed by atoms with Gasteiger partial charge in [0.1, 0.15) is 29.9 Å². The molecule has 0 radical (unpaired) electrons. The van der Waals surface area contributed by atoms with Crippen LogP contribution in [0.15, 0.2) is 146 Å². The number of nitrogens with one attached hydrogen (secondary N) is 1. The number of ketones is 1. The van der Waals surface area contributed by atoms with Crippen LogP contribution >= 0.6 is 0 Å². The molecule has 2 aromatic heterocycles. The molecule has 7 rings (SSSR count). The van der Waals surface area contributed by atoms with Crippen LogP contribution in [0.1, 0.15) is 33.3 Å². The molecule has 10 heteroatoms. The van der Waals surface area contributed by atoms with Crippen molar-refractivity contribution < 1.29 is 23.5 Å². The molecule has 0 spiro atoms. The second kappa shape index (κ2) is 12.9. The van der Waals surface area contributed by atoms with Gasteiger partial charge in [-0.25, -0.2) is 19.3 Å². The van der Waals surface area contributed by atoms with Gasteiger partial charge in [-0.05, 0) is 28.8 Å². The second-order valence-corrected chi connectivity index (χ2v) is 10.9. The highest BCUT2D eigenvalue weighted by Crippen LogP contribution is 2.41. The van der Waals surface area contributed by atoms with Crippen molar-refractivity contribution in [2.45, 2.75) is 17.9 Å². The molecule has 0 bridgehead atoms. The fourth-order valence-electron chi connectivity index (χ4n) is 5.79. The molecule has 3 heterocycles. The van der Waals surface area contributed by atoms with Gasteiger partial charge in [0, 0.05) is 11.6 Å². The summed E-state index contributed by atoms with van der Waals surface area (Å²) >= 11 is 0. The Labute approximate surface area is 269 Å². The zero-order chi connectivity index (χ0) is 32.2. The van der Waals surface area contributed by atoms with Crippen LogP contribution in [0.2, 0.25) is 0 Å². The molecule has 0 aliphatic carbocycles. The molecular weight excluding hydrogens is 597 g/mol. The highest BCUT2D eigenvalue weighted by Gasteiger charge is 2.41. The number of rotatable bonds is 9. The lowest BCUT2D eigenvalue weighted by molar-refractivity contribution is -0.148. The Bertz CT molecular complexity index is 1960. The maximum atomic E-state index is 15.4. The Morgan fingerprint density at radius 3 is 1.94 bits per heavy atom. The third-order valence-electron chi connectivity index (χ3n) is 8.02. The van der Waals surface area contributed by atoms with E-state index in [0.717, 1.165) is 22.8 Å². The van der Waals surface area contributed by atoms with Gasteiger partial charge in [0.2, 0.25) is 5.78 Å². The number of anilines is 1. The summed E-state index contributed by atoms with van der Waals surface area (Å²) in [4.78, 5) is 39.0. The van der Waals surface area contributed by atoms with E-state index in [4.69, 9.17) is 9.47 Å². The SMILES string of the molecule is O=C(Nc1ncnc2ncn([C@H]3C=C(F)C(=O)[C@@H](COC(c4ccccc4)(c4ccccc4)c4ccccc4)O3)c12)c1ccccc1. The van der Waals surface area contributed by atoms with Crippen molar-refractivity contribution in [1.29, 1.82) is 0 Å². The normalized spacial score (nSPS) is 16.5. The van der Waals surface area contributed by atoms with Crippen LogP contribution in [-0.4, -0.2) is 43.9 Å². The van der Waals surface area contributed by atoms with Gasteiger partial charge in [-0.1, -0.05) is 109 Å². The molecule has 0 unspecified atom stereocenters. The highest BCUT2D eigenvalue weighted by molar-refractivity contribution is 6.06. The van der Waals surface area contributed by atoms with Crippen LogP contribution in [0.3, 0.4) is 0 Å². The monoisotopic (exact) mass is 625 g/mol. The molecule has 2 atom stereocenters. The molecular formula is C37H28FN5O4. The maximum absolute atomic E-state index is 15.4. The number of benzene rings is 4. The molecule has 232 valence electrons. The molecule has 0 fully saturated rings. The fraction of sp³-hybridized carbons (Fsp3) is 0.108. The minimum Gasteiger partial charge on any atom is -0.358 e. The van der Waals surface area contributed by atoms with Crippen molar-refractivity contribution in [2.75, 3.05) is 11.9 Å². The Balaban J connectivity index is 1.23. The number of Topliss-reactive ketones (excluding diaryl/α,β-unsaturated/α-hetero) is 1. The minimum atomic E-state index is -1.31. The Morgan fingerprint density at radius 1 is 0.809 bits per heavy atom. The van der Waals surface area contributed by atoms with E-state index in [2.05, 4.69) is 20.3 Å². The Morgan fingerprint density at radius 2 is 1.36 bits per heavy atom. The van der Waals surface area contributed by atoms with E-state index < -0.39 is 35.5 Å². The number of hydrogen-bond donors (Lipinski definition) is 1. The molecule has 1 aliphatic heterocycles. The van der Waals surface area contributed by atoms with Crippen molar-refractivity contribution in [3.05, 3.63) is 168 Å². The summed E-state index contributed by atoms with van der Waals surface area (Å²) in [6, 6.07) is 37.6. The third kappa shape index (κ3) is 5.71. The minimum absolute atomic E-state index is 0.153. The zero-order valence-corrected chi connectivity index (χ0v) is 24.9. The van der Waals surface area contributed by atoms with E-state index in [0.29, 0.717) is 11.1 Å². The first-order valence-electron chi connectivity index (χ1n) is 15.0. The maximum Gasteiger partial charge on any atom is 0.256 e. The van der Waals surface area contributed by atoms with Crippen LogP contribution in [0.4, 0.5) is 10.2 Å². The number of amides is 1. The van der Waals surface area contributed by atoms with Crippen LogP contribution in [0.25, 0.3) is 11.2 Å². The molecule has 1 amide bonds. The summed E-state index contributed by atoms with van der Waals surface area (Å²) in [5.41, 5.74) is 2.30. The summed E-state index contributed by atoms with van der Waals surface area (Å²) in [5.74, 6) is -2.07. The summed E-state index contributed by atoms with van der Waals surface area (Å²) in [6.07, 6.45) is 1.31. The van der Waals surface area contributed by atoms with Crippen molar-refractivity contribution in [3.8, 4) is 0 Å².